The summed E-state index contributed by atoms with van der Waals surface area (Å²) in [6.07, 6.45) is 0.275. The first kappa shape index (κ1) is 11.7. The van der Waals surface area contributed by atoms with Crippen LogP contribution in [0, 0.1) is 20.8 Å². The topological polar surface area (TPSA) is 63.3 Å². The number of ketones is 1. The fraction of sp³-hybridized carbons (Fsp3) is 0.417. The molecule has 0 aromatic heterocycles. The molecule has 0 saturated carbocycles. The van der Waals surface area contributed by atoms with Crippen LogP contribution in [0.2, 0.25) is 0 Å². The minimum absolute atomic E-state index is 0.0874. The van der Waals surface area contributed by atoms with E-state index in [2.05, 4.69) is 0 Å². The van der Waals surface area contributed by atoms with E-state index in [1.165, 1.54) is 0 Å². The average Bonchev–Trinajstić information content (AvgIpc) is 2.15. The highest BCUT2D eigenvalue weighted by molar-refractivity contribution is 6.00. The first-order valence-corrected chi connectivity index (χ1v) is 5.02. The lowest BCUT2D eigenvalue weighted by Gasteiger charge is -2.12. The summed E-state index contributed by atoms with van der Waals surface area (Å²) in [5, 5.41) is 9.89. The van der Waals surface area contributed by atoms with Crippen molar-refractivity contribution in [3.8, 4) is 5.75 Å². The molecule has 0 bridgehead atoms. The molecule has 0 radical (unpaired) electrons. The van der Waals surface area contributed by atoms with Gasteiger partial charge in [-0.15, -0.1) is 0 Å². The van der Waals surface area contributed by atoms with Crippen molar-refractivity contribution in [2.75, 3.05) is 6.54 Å². The van der Waals surface area contributed by atoms with E-state index in [0.717, 1.165) is 16.7 Å². The van der Waals surface area contributed by atoms with Crippen LogP contribution >= 0.6 is 0 Å². The van der Waals surface area contributed by atoms with Crippen LogP contribution in [0.15, 0.2) is 6.07 Å². The molecule has 0 aliphatic rings. The SMILES string of the molecule is Cc1cc(C)c(C(=O)CCN)c(O)c1C. The summed E-state index contributed by atoms with van der Waals surface area (Å²) < 4.78 is 0. The van der Waals surface area contributed by atoms with Crippen LogP contribution in [0.4, 0.5) is 0 Å². The quantitative estimate of drug-likeness (QED) is 0.743. The second-order valence-electron chi connectivity index (χ2n) is 3.82. The predicted octanol–water partition coefficient (Wildman–Crippen LogP) is 1.85. The molecule has 3 heteroatoms. The maximum Gasteiger partial charge on any atom is 0.168 e. The number of hydrogen-bond donors (Lipinski definition) is 2. The van der Waals surface area contributed by atoms with Crippen molar-refractivity contribution in [3.63, 3.8) is 0 Å². The Morgan fingerprint density at radius 3 is 2.47 bits per heavy atom. The fourth-order valence-corrected chi connectivity index (χ4v) is 1.67. The zero-order valence-electron chi connectivity index (χ0n) is 9.42. The summed E-state index contributed by atoms with van der Waals surface area (Å²) in [6, 6.07) is 1.92. The van der Waals surface area contributed by atoms with E-state index in [0.29, 0.717) is 12.1 Å². The Morgan fingerprint density at radius 1 is 1.33 bits per heavy atom. The second kappa shape index (κ2) is 4.45. The fourth-order valence-electron chi connectivity index (χ4n) is 1.67. The largest absolute Gasteiger partial charge is 0.507 e. The number of nitrogens with two attached hydrogens (primary N) is 1. The molecule has 0 amide bonds. The lowest BCUT2D eigenvalue weighted by molar-refractivity contribution is 0.0982. The maximum atomic E-state index is 11.7. The summed E-state index contributed by atoms with van der Waals surface area (Å²) in [4.78, 5) is 11.7. The standard InChI is InChI=1S/C12H17NO2/c1-7-6-8(2)11(10(14)4-5-13)12(15)9(7)3/h6,15H,4-5,13H2,1-3H3. The molecule has 0 atom stereocenters. The lowest BCUT2D eigenvalue weighted by atomic mass is 9.95. The van der Waals surface area contributed by atoms with Crippen LogP contribution < -0.4 is 5.73 Å². The van der Waals surface area contributed by atoms with Crippen molar-refractivity contribution < 1.29 is 9.90 Å². The van der Waals surface area contributed by atoms with Crippen LogP contribution in [0.5, 0.6) is 5.75 Å². The van der Waals surface area contributed by atoms with Gasteiger partial charge >= 0.3 is 0 Å². The molecule has 1 aromatic carbocycles. The Morgan fingerprint density at radius 2 is 1.93 bits per heavy atom. The highest BCUT2D eigenvalue weighted by atomic mass is 16.3. The van der Waals surface area contributed by atoms with Gasteiger partial charge in [0.25, 0.3) is 0 Å². The van der Waals surface area contributed by atoms with Crippen LogP contribution in [-0.2, 0) is 0 Å². The molecule has 1 aromatic rings. The Labute approximate surface area is 89.9 Å². The Hall–Kier alpha value is -1.35. The number of hydrogen-bond acceptors (Lipinski definition) is 3. The molecule has 0 saturated heterocycles. The zero-order valence-corrected chi connectivity index (χ0v) is 9.42. The van der Waals surface area contributed by atoms with E-state index < -0.39 is 0 Å². The van der Waals surface area contributed by atoms with Gasteiger partial charge in [0.15, 0.2) is 5.78 Å². The van der Waals surface area contributed by atoms with Crippen molar-refractivity contribution in [2.45, 2.75) is 27.2 Å². The minimum Gasteiger partial charge on any atom is -0.507 e. The Bertz CT molecular complexity index is 397. The van der Waals surface area contributed by atoms with E-state index in [1.807, 2.05) is 26.8 Å². The molecule has 0 fully saturated rings. The number of carbonyl (C=O) groups excluding carboxylic acids is 1. The summed E-state index contributed by atoms with van der Waals surface area (Å²) in [6.45, 7) is 5.86. The molecule has 82 valence electrons. The molecule has 1 rings (SSSR count). The normalized spacial score (nSPS) is 10.4. The number of rotatable bonds is 3. The predicted molar refractivity (Wildman–Crippen MR) is 60.3 cm³/mol. The van der Waals surface area contributed by atoms with Gasteiger partial charge in [-0.05, 0) is 44.0 Å². The van der Waals surface area contributed by atoms with Crippen molar-refractivity contribution in [2.24, 2.45) is 5.73 Å². The summed E-state index contributed by atoms with van der Waals surface area (Å²) >= 11 is 0. The minimum atomic E-state index is -0.0874. The van der Waals surface area contributed by atoms with Crippen LogP contribution in [0.25, 0.3) is 0 Å². The van der Waals surface area contributed by atoms with Crippen molar-refractivity contribution in [1.82, 2.24) is 0 Å². The van der Waals surface area contributed by atoms with E-state index >= 15 is 0 Å². The summed E-state index contributed by atoms with van der Waals surface area (Å²) in [5.41, 5.74) is 8.33. The Balaban J connectivity index is 3.29. The number of carbonyl (C=O) groups is 1. The second-order valence-corrected chi connectivity index (χ2v) is 3.82. The van der Waals surface area contributed by atoms with Gasteiger partial charge in [-0.1, -0.05) is 6.07 Å². The molecule has 3 nitrogen and oxygen atoms in total. The van der Waals surface area contributed by atoms with Gasteiger partial charge in [0.2, 0.25) is 0 Å². The van der Waals surface area contributed by atoms with Gasteiger partial charge in [-0.3, -0.25) is 4.79 Å². The number of phenolic OH excluding ortho intramolecular Hbond substituents is 1. The first-order chi connectivity index (χ1) is 6.99. The summed E-state index contributed by atoms with van der Waals surface area (Å²) in [5.74, 6) is 0.0153. The van der Waals surface area contributed by atoms with Crippen LogP contribution in [0.3, 0.4) is 0 Å². The van der Waals surface area contributed by atoms with Gasteiger partial charge in [0.05, 0.1) is 5.56 Å². The monoisotopic (exact) mass is 207 g/mol. The number of phenols is 1. The number of benzene rings is 1. The van der Waals surface area contributed by atoms with E-state index in [4.69, 9.17) is 5.73 Å². The number of Topliss-reactive ketones (excluding diaryl/α,β-unsaturated/α-hetero) is 1. The highest BCUT2D eigenvalue weighted by Crippen LogP contribution is 2.29. The van der Waals surface area contributed by atoms with Gasteiger partial charge in [-0.25, -0.2) is 0 Å². The van der Waals surface area contributed by atoms with Gasteiger partial charge < -0.3 is 10.8 Å². The molecule has 0 aliphatic carbocycles. The van der Waals surface area contributed by atoms with Gasteiger partial charge in [0.1, 0.15) is 5.75 Å². The number of aryl methyl sites for hydroxylation is 2. The third-order valence-electron chi connectivity index (χ3n) is 2.66. The smallest absolute Gasteiger partial charge is 0.168 e. The van der Waals surface area contributed by atoms with Gasteiger partial charge in [0, 0.05) is 6.42 Å². The summed E-state index contributed by atoms with van der Waals surface area (Å²) in [7, 11) is 0. The lowest BCUT2D eigenvalue weighted by Crippen LogP contribution is -2.10. The van der Waals surface area contributed by atoms with Gasteiger partial charge in [-0.2, -0.15) is 0 Å². The van der Waals surface area contributed by atoms with Crippen molar-refractivity contribution in [1.29, 1.82) is 0 Å². The molecule has 15 heavy (non-hydrogen) atoms. The molecule has 0 spiro atoms. The van der Waals surface area contributed by atoms with Crippen LogP contribution in [0.1, 0.15) is 33.5 Å². The highest BCUT2D eigenvalue weighted by Gasteiger charge is 2.16. The maximum absolute atomic E-state index is 11.7. The third kappa shape index (κ3) is 2.18. The molecular weight excluding hydrogens is 190 g/mol. The zero-order chi connectivity index (χ0) is 11.6. The van der Waals surface area contributed by atoms with E-state index in [-0.39, 0.29) is 18.0 Å². The van der Waals surface area contributed by atoms with E-state index in [1.54, 1.807) is 0 Å². The molecule has 0 heterocycles. The third-order valence-corrected chi connectivity index (χ3v) is 2.66. The van der Waals surface area contributed by atoms with E-state index in [9.17, 15) is 9.90 Å². The van der Waals surface area contributed by atoms with Crippen molar-refractivity contribution >= 4 is 5.78 Å². The molecule has 0 unspecified atom stereocenters. The molecule has 0 aliphatic heterocycles. The van der Waals surface area contributed by atoms with Crippen molar-refractivity contribution in [3.05, 3.63) is 28.3 Å². The van der Waals surface area contributed by atoms with Crippen LogP contribution in [-0.4, -0.2) is 17.4 Å². The number of aromatic hydroxyl groups is 1. The molecular formula is C12H17NO2. The Kier molecular flexibility index (Phi) is 3.48. The average molecular weight is 207 g/mol. The molecule has 3 N–H and O–H groups in total. The first-order valence-electron chi connectivity index (χ1n) is 5.02.